The zero-order valence-corrected chi connectivity index (χ0v) is 53.9. The van der Waals surface area contributed by atoms with Gasteiger partial charge in [0.2, 0.25) is 0 Å². The van der Waals surface area contributed by atoms with Crippen LogP contribution in [0.1, 0.15) is 152 Å². The number of rotatable bonds is 2. The summed E-state index contributed by atoms with van der Waals surface area (Å²) in [5.74, 6) is 0. The summed E-state index contributed by atoms with van der Waals surface area (Å²) in [6.07, 6.45) is -10.5. The van der Waals surface area contributed by atoms with Gasteiger partial charge in [-0.25, -0.2) is 0 Å². The van der Waals surface area contributed by atoms with Crippen molar-refractivity contribution in [3.05, 3.63) is 255 Å². The lowest BCUT2D eigenvalue weighted by molar-refractivity contribution is -0.327. The highest BCUT2D eigenvalue weighted by Crippen LogP contribution is 2.49. The molecule has 0 spiro atoms. The fourth-order valence-electron chi connectivity index (χ4n) is 2.95. The van der Waals surface area contributed by atoms with Gasteiger partial charge in [-0.2, -0.15) is 26.3 Å². The molecule has 0 saturated heterocycles. The Morgan fingerprint density at radius 1 is 0.203 bits per heavy atom. The average Bonchev–Trinajstić information content (AvgIpc) is 3.53. The lowest BCUT2D eigenvalue weighted by Crippen LogP contribution is -2.44. The lowest BCUT2D eigenvalue weighted by atomic mass is 9.92. The normalized spacial score (nSPS) is 8.23. The molecule has 0 saturated carbocycles. The van der Waals surface area contributed by atoms with Gasteiger partial charge in [0.1, 0.15) is 0 Å². The smallest absolute Gasteiger partial charge is 0.416 e. The fourth-order valence-corrected chi connectivity index (χ4v) is 2.95. The molecule has 0 bridgehead atoms. The first-order valence-corrected chi connectivity index (χ1v) is 27.9. The van der Waals surface area contributed by atoms with Gasteiger partial charge in [-0.1, -0.05) is 393 Å². The molecule has 0 atom stereocenters. The van der Waals surface area contributed by atoms with Crippen molar-refractivity contribution < 1.29 is 35.7 Å². The van der Waals surface area contributed by atoms with Crippen LogP contribution in [0, 0.1) is 10.8 Å². The van der Waals surface area contributed by atoms with Gasteiger partial charge in [0, 0.05) is 14.2 Å². The Labute approximate surface area is 485 Å². The third-order valence-corrected chi connectivity index (χ3v) is 6.28. The lowest BCUT2D eigenvalue weighted by Gasteiger charge is -2.29. The van der Waals surface area contributed by atoms with Gasteiger partial charge in [0.05, 0.1) is 0 Å². The highest BCUT2D eigenvalue weighted by molar-refractivity contribution is 6.17. The van der Waals surface area contributed by atoms with Crippen molar-refractivity contribution in [3.8, 4) is 0 Å². The van der Waals surface area contributed by atoms with Crippen LogP contribution in [0.15, 0.2) is 255 Å². The first-order valence-electron chi connectivity index (χ1n) is 27.9. The van der Waals surface area contributed by atoms with E-state index in [4.69, 9.17) is 0 Å². The molecule has 0 amide bonds. The van der Waals surface area contributed by atoms with Crippen molar-refractivity contribution >= 4 is 7.69 Å². The van der Waals surface area contributed by atoms with E-state index in [1.54, 1.807) is 0 Å². The third-order valence-electron chi connectivity index (χ3n) is 6.28. The van der Waals surface area contributed by atoms with E-state index >= 15 is 0 Å². The minimum Gasteiger partial charge on any atom is -0.416 e. The first kappa shape index (κ1) is 98.5. The van der Waals surface area contributed by atoms with Crippen LogP contribution in [0.2, 0.25) is 0 Å². The number of hydrogen-bond acceptors (Lipinski definition) is 2. The molecule has 0 heterocycles. The Morgan fingerprint density at radius 3 is 0.278 bits per heavy atom. The monoisotopic (exact) mass is 1110 g/mol. The molecule has 451 valence electrons. The van der Waals surface area contributed by atoms with E-state index < -0.39 is 17.8 Å². The molecule has 9 heteroatoms. The summed E-state index contributed by atoms with van der Waals surface area (Å²) in [7, 11) is 4.31. The SMILES string of the molecule is CC.CC.CC.CC.CC.CC.CC.CC.CC(C)(C(F)(F)F)C(F)(F)F.CC(C)(C)C.CO[B]OC.c1ccccc1.c1ccccc1.c1ccccc1.c1ccccc1.c1ccccc1.c1ccccc1.c1ccccc1. The van der Waals surface area contributed by atoms with Crippen LogP contribution in [0.25, 0.3) is 0 Å². The molecular weight excluding hydrogens is 998 g/mol. The zero-order valence-electron chi connectivity index (χ0n) is 53.9. The molecule has 0 aromatic heterocycles. The van der Waals surface area contributed by atoms with Gasteiger partial charge < -0.3 is 9.31 Å². The molecule has 0 N–H and O–H groups in total. The van der Waals surface area contributed by atoms with E-state index in [1.165, 1.54) is 21.9 Å². The molecule has 0 aliphatic carbocycles. The fraction of sp³-hybridized carbons (Fsp3) is 0.400. The molecule has 0 aliphatic rings. The van der Waals surface area contributed by atoms with Crippen LogP contribution < -0.4 is 0 Å². The number of alkyl halides is 6. The third kappa shape index (κ3) is 113. The van der Waals surface area contributed by atoms with Crippen LogP contribution in [0.3, 0.4) is 0 Å². The molecule has 0 aliphatic heterocycles. The van der Waals surface area contributed by atoms with Crippen LogP contribution in [0.5, 0.6) is 0 Å². The minimum absolute atomic E-state index is 0.104. The van der Waals surface area contributed by atoms with Crippen LogP contribution in [-0.4, -0.2) is 34.3 Å². The van der Waals surface area contributed by atoms with Crippen LogP contribution in [0.4, 0.5) is 26.3 Å². The van der Waals surface area contributed by atoms with E-state index in [-0.39, 0.29) is 13.8 Å². The van der Waals surface area contributed by atoms with Gasteiger partial charge in [-0.3, -0.25) is 0 Å². The van der Waals surface area contributed by atoms with Gasteiger partial charge in [-0.05, 0) is 19.3 Å². The minimum atomic E-state index is -5.24. The Morgan fingerprint density at radius 2 is 0.266 bits per heavy atom. The molecule has 1 radical (unpaired) electrons. The molecule has 2 nitrogen and oxygen atoms in total. The predicted octanol–water partition coefficient (Wildman–Crippen LogP) is 25.0. The van der Waals surface area contributed by atoms with Crippen molar-refractivity contribution in [1.29, 1.82) is 0 Å². The van der Waals surface area contributed by atoms with E-state index in [9.17, 15) is 26.3 Å². The zero-order chi connectivity index (χ0) is 63.8. The molecular formula is C70H114BF6O2. The van der Waals surface area contributed by atoms with E-state index in [0.29, 0.717) is 5.41 Å². The standard InChI is InChI=1S/7C6H6.C5H6F6.C5H12.C2H6BO2.8C2H6/c7*1-2-4-6-5-3-1;1-3(2,4(6,7)8)5(9,10)11;1-5(2,3)4;1-4-3-5-2;8*1-2/h7*1-6H;1-2H3;1-4H3;1-2H3;8*1-2H3. The molecule has 0 unspecified atom stereocenters. The second-order valence-electron chi connectivity index (χ2n) is 14.3. The molecule has 7 aromatic carbocycles. The van der Waals surface area contributed by atoms with Gasteiger partial charge in [0.25, 0.3) is 0 Å². The number of hydrogen-bond donors (Lipinski definition) is 0. The maximum absolute atomic E-state index is 11.6. The number of benzene rings is 7. The van der Waals surface area contributed by atoms with E-state index in [2.05, 4.69) is 37.0 Å². The van der Waals surface area contributed by atoms with Crippen LogP contribution >= 0.6 is 0 Å². The Kier molecular flexibility index (Phi) is 114. The first-order chi connectivity index (χ1) is 37.9. The predicted molar refractivity (Wildman–Crippen MR) is 347 cm³/mol. The summed E-state index contributed by atoms with van der Waals surface area (Å²) in [6, 6.07) is 84.0. The van der Waals surface area contributed by atoms with Crippen LogP contribution in [-0.2, 0) is 9.31 Å². The molecule has 7 aromatic rings. The summed E-state index contributed by atoms with van der Waals surface area (Å²) in [6.45, 7) is 41.0. The largest absolute Gasteiger partial charge is 0.487 e. The summed E-state index contributed by atoms with van der Waals surface area (Å²) >= 11 is 0. The average molecular weight is 1110 g/mol. The quantitative estimate of drug-likeness (QED) is 0.127. The van der Waals surface area contributed by atoms with E-state index in [0.717, 1.165) is 0 Å². The topological polar surface area (TPSA) is 18.5 Å². The van der Waals surface area contributed by atoms with Gasteiger partial charge in [0.15, 0.2) is 5.41 Å². The molecule has 0 fully saturated rings. The summed E-state index contributed by atoms with van der Waals surface area (Å²) in [5.41, 5.74) is -3.12. The van der Waals surface area contributed by atoms with Gasteiger partial charge in [-0.15, -0.1) is 0 Å². The highest BCUT2D eigenvalue weighted by Gasteiger charge is 2.64. The van der Waals surface area contributed by atoms with Crippen molar-refractivity contribution in [1.82, 2.24) is 0 Å². The van der Waals surface area contributed by atoms with Crippen molar-refractivity contribution in [2.24, 2.45) is 10.8 Å². The van der Waals surface area contributed by atoms with E-state index in [1.807, 2.05) is 366 Å². The molecule has 7 rings (SSSR count). The Bertz CT molecular complexity index is 1260. The van der Waals surface area contributed by atoms with Crippen molar-refractivity contribution in [2.45, 2.75) is 165 Å². The van der Waals surface area contributed by atoms with Crippen molar-refractivity contribution in [3.63, 3.8) is 0 Å². The highest BCUT2D eigenvalue weighted by atomic mass is 19.4. The second-order valence-corrected chi connectivity index (χ2v) is 14.3. The number of halogens is 6. The second kappa shape index (κ2) is 91.5. The molecule has 79 heavy (non-hydrogen) atoms. The van der Waals surface area contributed by atoms with Gasteiger partial charge >= 0.3 is 20.0 Å². The summed E-state index contributed by atoms with van der Waals surface area (Å²) < 4.78 is 78.3. The Balaban J connectivity index is -0.0000000706. The Hall–Kier alpha value is -5.90. The summed E-state index contributed by atoms with van der Waals surface area (Å²) in [5, 5.41) is 0. The maximum atomic E-state index is 11.6. The maximum Gasteiger partial charge on any atom is 0.487 e. The summed E-state index contributed by atoms with van der Waals surface area (Å²) in [4.78, 5) is 0. The van der Waals surface area contributed by atoms with Crippen molar-refractivity contribution in [2.75, 3.05) is 14.2 Å².